The molecule has 3 nitrogen and oxygen atoms in total. The van der Waals surface area contributed by atoms with Crippen LogP contribution >= 0.6 is 15.9 Å². The molecule has 1 aliphatic carbocycles. The Morgan fingerprint density at radius 1 is 1.19 bits per heavy atom. The molecule has 82 valence electrons. The van der Waals surface area contributed by atoms with Crippen LogP contribution in [0.2, 0.25) is 0 Å². The molecular weight excluding hydrogens is 268 g/mol. The quantitative estimate of drug-likeness (QED) is 0.871. The second-order valence-corrected chi connectivity index (χ2v) is 4.75. The van der Waals surface area contributed by atoms with E-state index < -0.39 is 0 Å². The Hall–Kier alpha value is -1.29. The molecule has 4 heteroatoms. The van der Waals surface area contributed by atoms with Crippen molar-refractivity contribution in [2.24, 2.45) is 0 Å². The topological polar surface area (TPSA) is 38.0 Å². The van der Waals surface area contributed by atoms with Crippen molar-refractivity contribution in [3.05, 3.63) is 40.1 Å². The van der Waals surface area contributed by atoms with Crippen molar-refractivity contribution in [1.29, 1.82) is 0 Å². The average Bonchev–Trinajstić information content (AvgIpc) is 2.84. The monoisotopic (exact) mass is 278 g/mol. The minimum Gasteiger partial charge on any atom is -0.508 e. The van der Waals surface area contributed by atoms with Crippen molar-refractivity contribution in [2.75, 3.05) is 0 Å². The highest BCUT2D eigenvalue weighted by Crippen LogP contribution is 2.30. The number of nitrogens with zero attached hydrogens (tertiary/aromatic N) is 2. The van der Waals surface area contributed by atoms with E-state index in [4.69, 9.17) is 0 Å². The Morgan fingerprint density at radius 2 is 1.94 bits per heavy atom. The standard InChI is InChI=1S/C12H11BrN2O/c13-12-10-2-1-3-11(10)15(14-12)8-4-6-9(16)7-5-8/h4-7,16H,1-3H2. The average molecular weight is 279 g/mol. The summed E-state index contributed by atoms with van der Waals surface area (Å²) in [4.78, 5) is 0. The van der Waals surface area contributed by atoms with Crippen LogP contribution in [0.1, 0.15) is 17.7 Å². The predicted octanol–water partition coefficient (Wildman–Crippen LogP) is 2.83. The molecule has 3 rings (SSSR count). The molecule has 1 heterocycles. The fraction of sp³-hybridized carbons (Fsp3) is 0.250. The summed E-state index contributed by atoms with van der Waals surface area (Å²) in [5, 5.41) is 13.7. The van der Waals surface area contributed by atoms with Crippen molar-refractivity contribution >= 4 is 15.9 Å². The van der Waals surface area contributed by atoms with E-state index in [0.29, 0.717) is 0 Å². The van der Waals surface area contributed by atoms with Gasteiger partial charge in [-0.05, 0) is 59.5 Å². The molecule has 1 N–H and O–H groups in total. The van der Waals surface area contributed by atoms with Crippen LogP contribution < -0.4 is 0 Å². The second kappa shape index (κ2) is 3.63. The van der Waals surface area contributed by atoms with Crippen LogP contribution in [0.5, 0.6) is 5.75 Å². The highest BCUT2D eigenvalue weighted by atomic mass is 79.9. The molecule has 0 radical (unpaired) electrons. The van der Waals surface area contributed by atoms with Gasteiger partial charge in [-0.25, -0.2) is 4.68 Å². The highest BCUT2D eigenvalue weighted by Gasteiger charge is 2.21. The van der Waals surface area contributed by atoms with Gasteiger partial charge >= 0.3 is 0 Å². The largest absolute Gasteiger partial charge is 0.508 e. The van der Waals surface area contributed by atoms with Gasteiger partial charge in [0, 0.05) is 11.3 Å². The maximum atomic E-state index is 9.26. The third kappa shape index (κ3) is 1.45. The molecule has 1 aliphatic rings. The van der Waals surface area contributed by atoms with Crippen LogP contribution in [-0.2, 0) is 12.8 Å². The number of benzene rings is 1. The summed E-state index contributed by atoms with van der Waals surface area (Å²) in [5.74, 6) is 0.284. The first-order valence-corrected chi connectivity index (χ1v) is 6.10. The Kier molecular flexibility index (Phi) is 2.24. The third-order valence-corrected chi connectivity index (χ3v) is 3.61. The lowest BCUT2D eigenvalue weighted by atomic mass is 10.2. The van der Waals surface area contributed by atoms with E-state index in [9.17, 15) is 5.11 Å². The van der Waals surface area contributed by atoms with Gasteiger partial charge < -0.3 is 5.11 Å². The zero-order valence-electron chi connectivity index (χ0n) is 8.65. The molecule has 0 amide bonds. The van der Waals surface area contributed by atoms with E-state index in [-0.39, 0.29) is 5.75 Å². The van der Waals surface area contributed by atoms with Crippen molar-refractivity contribution in [3.8, 4) is 11.4 Å². The van der Waals surface area contributed by atoms with Gasteiger partial charge in [0.1, 0.15) is 10.4 Å². The van der Waals surface area contributed by atoms with Gasteiger partial charge in [-0.2, -0.15) is 5.10 Å². The van der Waals surface area contributed by atoms with Gasteiger partial charge in [0.15, 0.2) is 0 Å². The number of rotatable bonds is 1. The second-order valence-electron chi connectivity index (χ2n) is 4.00. The van der Waals surface area contributed by atoms with Crippen LogP contribution in [0.4, 0.5) is 0 Å². The van der Waals surface area contributed by atoms with Gasteiger partial charge in [-0.3, -0.25) is 0 Å². The molecule has 16 heavy (non-hydrogen) atoms. The zero-order valence-corrected chi connectivity index (χ0v) is 10.2. The minimum absolute atomic E-state index is 0.284. The number of aromatic hydroxyl groups is 1. The molecule has 1 aromatic heterocycles. The van der Waals surface area contributed by atoms with E-state index >= 15 is 0 Å². The van der Waals surface area contributed by atoms with Crippen LogP contribution in [-0.4, -0.2) is 14.9 Å². The van der Waals surface area contributed by atoms with Crippen molar-refractivity contribution in [3.63, 3.8) is 0 Å². The van der Waals surface area contributed by atoms with Gasteiger partial charge in [0.2, 0.25) is 0 Å². The number of fused-ring (bicyclic) bond motifs is 1. The highest BCUT2D eigenvalue weighted by molar-refractivity contribution is 9.10. The fourth-order valence-electron chi connectivity index (χ4n) is 2.20. The summed E-state index contributed by atoms with van der Waals surface area (Å²) < 4.78 is 2.92. The number of phenolic OH excluding ortho intramolecular Hbond substituents is 1. The Morgan fingerprint density at radius 3 is 2.69 bits per heavy atom. The van der Waals surface area contributed by atoms with Crippen LogP contribution in [0.3, 0.4) is 0 Å². The Bertz CT molecular complexity index is 531. The van der Waals surface area contributed by atoms with Crippen molar-refractivity contribution in [1.82, 2.24) is 9.78 Å². The first kappa shape index (κ1) is 9.90. The Labute approximate surface area is 102 Å². The number of aromatic nitrogens is 2. The summed E-state index contributed by atoms with van der Waals surface area (Å²) in [7, 11) is 0. The molecule has 0 fully saturated rings. The van der Waals surface area contributed by atoms with Crippen LogP contribution in [0, 0.1) is 0 Å². The molecule has 2 aromatic rings. The lowest BCUT2D eigenvalue weighted by Gasteiger charge is -2.05. The van der Waals surface area contributed by atoms with Crippen LogP contribution in [0.25, 0.3) is 5.69 Å². The maximum Gasteiger partial charge on any atom is 0.132 e. The summed E-state index contributed by atoms with van der Waals surface area (Å²) in [6, 6.07) is 7.14. The van der Waals surface area contributed by atoms with Crippen molar-refractivity contribution in [2.45, 2.75) is 19.3 Å². The SMILES string of the molecule is Oc1ccc(-n2nc(Br)c3c2CCC3)cc1. The van der Waals surface area contributed by atoms with E-state index in [1.54, 1.807) is 12.1 Å². The van der Waals surface area contributed by atoms with Gasteiger partial charge in [-0.1, -0.05) is 0 Å². The summed E-state index contributed by atoms with van der Waals surface area (Å²) in [6.07, 6.45) is 3.38. The molecule has 1 aromatic carbocycles. The summed E-state index contributed by atoms with van der Waals surface area (Å²) in [6.45, 7) is 0. The van der Waals surface area contributed by atoms with Gasteiger partial charge in [-0.15, -0.1) is 0 Å². The number of hydrogen-bond acceptors (Lipinski definition) is 2. The van der Waals surface area contributed by atoms with Gasteiger partial charge in [0.25, 0.3) is 0 Å². The van der Waals surface area contributed by atoms with Gasteiger partial charge in [0.05, 0.1) is 5.69 Å². The number of halogens is 1. The molecule has 0 bridgehead atoms. The first-order chi connectivity index (χ1) is 7.75. The molecule has 0 atom stereocenters. The minimum atomic E-state index is 0.284. The normalized spacial score (nSPS) is 14.1. The zero-order chi connectivity index (χ0) is 11.1. The fourth-order valence-corrected chi connectivity index (χ4v) is 2.79. The van der Waals surface area contributed by atoms with E-state index in [1.807, 2.05) is 16.8 Å². The summed E-state index contributed by atoms with van der Waals surface area (Å²) >= 11 is 3.50. The molecule has 0 saturated carbocycles. The Balaban J connectivity index is 2.13. The molecule has 0 spiro atoms. The predicted molar refractivity (Wildman–Crippen MR) is 65.0 cm³/mol. The molecule has 0 unspecified atom stereocenters. The molecule has 0 aliphatic heterocycles. The smallest absolute Gasteiger partial charge is 0.132 e. The van der Waals surface area contributed by atoms with E-state index in [0.717, 1.165) is 23.1 Å². The molecular formula is C12H11BrN2O. The van der Waals surface area contributed by atoms with Crippen molar-refractivity contribution < 1.29 is 5.11 Å². The van der Waals surface area contributed by atoms with E-state index in [1.165, 1.54) is 17.7 Å². The van der Waals surface area contributed by atoms with Crippen LogP contribution in [0.15, 0.2) is 28.9 Å². The lowest BCUT2D eigenvalue weighted by molar-refractivity contribution is 0.475. The lowest BCUT2D eigenvalue weighted by Crippen LogP contribution is -2.00. The van der Waals surface area contributed by atoms with E-state index in [2.05, 4.69) is 21.0 Å². The number of phenols is 1. The maximum absolute atomic E-state index is 9.26. The third-order valence-electron chi connectivity index (χ3n) is 2.98. The number of hydrogen-bond donors (Lipinski definition) is 1. The summed E-state index contributed by atoms with van der Waals surface area (Å²) in [5.41, 5.74) is 3.62. The molecule has 0 saturated heterocycles. The first-order valence-electron chi connectivity index (χ1n) is 5.31.